The summed E-state index contributed by atoms with van der Waals surface area (Å²) < 4.78 is 5.39. The molecule has 0 saturated carbocycles. The van der Waals surface area contributed by atoms with E-state index in [9.17, 15) is 19.8 Å². The van der Waals surface area contributed by atoms with Gasteiger partial charge in [-0.2, -0.15) is 0 Å². The minimum Gasteiger partial charge on any atom is -0.508 e. The van der Waals surface area contributed by atoms with Crippen LogP contribution in [0.5, 0.6) is 5.75 Å². The molecule has 1 aromatic heterocycles. The van der Waals surface area contributed by atoms with Crippen molar-refractivity contribution in [3.05, 3.63) is 39.2 Å². The number of phenolic OH excluding ortho intramolecular Hbond substituents is 1. The minimum atomic E-state index is -0.489. The van der Waals surface area contributed by atoms with Gasteiger partial charge in [0.1, 0.15) is 11.3 Å². The van der Waals surface area contributed by atoms with Gasteiger partial charge in [0.2, 0.25) is 5.91 Å². The minimum absolute atomic E-state index is 0.0763. The van der Waals surface area contributed by atoms with Crippen molar-refractivity contribution in [1.29, 1.82) is 0 Å². The van der Waals surface area contributed by atoms with Gasteiger partial charge in [-0.3, -0.25) is 4.79 Å². The highest BCUT2D eigenvalue weighted by molar-refractivity contribution is 5.85. The van der Waals surface area contributed by atoms with Gasteiger partial charge in [-0.05, 0) is 50.3 Å². The Morgan fingerprint density at radius 3 is 2.54 bits per heavy atom. The standard InChI is InChI=1S/C20H27NO5/c1-11(2)9-14(10-22)21-18(24)8-6-16-12(3)15-5-7-17(23)13(4)19(15)26-20(16)25/h5,7,11,14,22-23H,6,8-10H2,1-4H3,(H,21,24). The molecule has 1 aromatic carbocycles. The van der Waals surface area contributed by atoms with Gasteiger partial charge in [0.25, 0.3) is 0 Å². The molecular formula is C20H27NO5. The van der Waals surface area contributed by atoms with Crippen molar-refractivity contribution in [3.63, 3.8) is 0 Å². The maximum Gasteiger partial charge on any atom is 0.339 e. The summed E-state index contributed by atoms with van der Waals surface area (Å²) in [5, 5.41) is 22.7. The molecule has 0 aliphatic carbocycles. The Morgan fingerprint density at radius 2 is 1.92 bits per heavy atom. The molecule has 3 N–H and O–H groups in total. The van der Waals surface area contributed by atoms with E-state index in [2.05, 4.69) is 5.32 Å². The van der Waals surface area contributed by atoms with Gasteiger partial charge in [-0.25, -0.2) is 4.79 Å². The molecule has 0 spiro atoms. The number of amides is 1. The lowest BCUT2D eigenvalue weighted by Gasteiger charge is -2.18. The number of phenols is 1. The molecule has 1 unspecified atom stereocenters. The molecule has 0 fully saturated rings. The van der Waals surface area contributed by atoms with Gasteiger partial charge in [-0.1, -0.05) is 13.8 Å². The number of aryl methyl sites for hydroxylation is 2. The normalized spacial score (nSPS) is 12.5. The first-order chi connectivity index (χ1) is 12.2. The second-order valence-electron chi connectivity index (χ2n) is 7.16. The molecule has 0 radical (unpaired) electrons. The number of fused-ring (bicyclic) bond motifs is 1. The van der Waals surface area contributed by atoms with Crippen molar-refractivity contribution in [2.75, 3.05) is 6.61 Å². The number of aromatic hydroxyl groups is 1. The summed E-state index contributed by atoms with van der Waals surface area (Å²) >= 11 is 0. The van der Waals surface area contributed by atoms with Crippen molar-refractivity contribution >= 4 is 16.9 Å². The van der Waals surface area contributed by atoms with Crippen LogP contribution >= 0.6 is 0 Å². The number of aliphatic hydroxyl groups is 1. The van der Waals surface area contributed by atoms with Crippen LogP contribution in [0.15, 0.2) is 21.3 Å². The smallest absolute Gasteiger partial charge is 0.339 e. The fourth-order valence-electron chi connectivity index (χ4n) is 3.15. The summed E-state index contributed by atoms with van der Waals surface area (Å²) in [4.78, 5) is 24.5. The molecule has 1 atom stereocenters. The number of carbonyl (C=O) groups is 1. The number of rotatable bonds is 7. The van der Waals surface area contributed by atoms with E-state index in [-0.39, 0.29) is 37.1 Å². The van der Waals surface area contributed by atoms with E-state index in [1.165, 1.54) is 0 Å². The first kappa shape index (κ1) is 20.0. The van der Waals surface area contributed by atoms with Crippen LogP contribution in [0.1, 0.15) is 43.4 Å². The number of hydrogen-bond acceptors (Lipinski definition) is 5. The van der Waals surface area contributed by atoms with Crippen molar-refractivity contribution in [2.24, 2.45) is 5.92 Å². The summed E-state index contributed by atoms with van der Waals surface area (Å²) in [6.45, 7) is 7.45. The van der Waals surface area contributed by atoms with E-state index in [0.717, 1.165) is 10.9 Å². The highest BCUT2D eigenvalue weighted by Crippen LogP contribution is 2.28. The summed E-state index contributed by atoms with van der Waals surface area (Å²) in [5.74, 6) is 0.236. The third-order valence-electron chi connectivity index (χ3n) is 4.62. The van der Waals surface area contributed by atoms with Crippen molar-refractivity contribution in [2.45, 2.75) is 53.0 Å². The maximum atomic E-state index is 12.3. The van der Waals surface area contributed by atoms with Crippen LogP contribution in [-0.4, -0.2) is 28.8 Å². The average Bonchev–Trinajstić information content (AvgIpc) is 2.57. The van der Waals surface area contributed by atoms with E-state index < -0.39 is 5.63 Å². The Labute approximate surface area is 152 Å². The van der Waals surface area contributed by atoms with Crippen molar-refractivity contribution in [1.82, 2.24) is 5.32 Å². The maximum absolute atomic E-state index is 12.3. The van der Waals surface area contributed by atoms with Gasteiger partial charge in [0, 0.05) is 22.9 Å². The molecule has 6 heteroatoms. The molecule has 2 aromatic rings. The number of hydrogen-bond donors (Lipinski definition) is 3. The summed E-state index contributed by atoms with van der Waals surface area (Å²) in [5.41, 5.74) is 1.62. The Hall–Kier alpha value is -2.34. The molecule has 0 aliphatic rings. The number of carbonyl (C=O) groups excluding carboxylic acids is 1. The van der Waals surface area contributed by atoms with Crippen LogP contribution < -0.4 is 10.9 Å². The molecule has 1 amide bonds. The van der Waals surface area contributed by atoms with Crippen LogP contribution in [0.25, 0.3) is 11.0 Å². The van der Waals surface area contributed by atoms with E-state index >= 15 is 0 Å². The van der Waals surface area contributed by atoms with Crippen LogP contribution in [0, 0.1) is 19.8 Å². The van der Waals surface area contributed by atoms with Crippen LogP contribution in [0.2, 0.25) is 0 Å². The zero-order valence-electron chi connectivity index (χ0n) is 15.8. The fraction of sp³-hybridized carbons (Fsp3) is 0.500. The predicted molar refractivity (Wildman–Crippen MR) is 100 cm³/mol. The lowest BCUT2D eigenvalue weighted by molar-refractivity contribution is -0.122. The molecular weight excluding hydrogens is 334 g/mol. The van der Waals surface area contributed by atoms with E-state index in [1.54, 1.807) is 19.1 Å². The summed E-state index contributed by atoms with van der Waals surface area (Å²) in [7, 11) is 0. The van der Waals surface area contributed by atoms with Crippen LogP contribution in [-0.2, 0) is 11.2 Å². The quantitative estimate of drug-likeness (QED) is 0.658. The Kier molecular flexibility index (Phi) is 6.42. The molecule has 1 heterocycles. The number of benzene rings is 1. The predicted octanol–water partition coefficient (Wildman–Crippen LogP) is 2.57. The third kappa shape index (κ3) is 4.43. The molecule has 6 nitrogen and oxygen atoms in total. The lowest BCUT2D eigenvalue weighted by atomic mass is 10.00. The monoisotopic (exact) mass is 361 g/mol. The van der Waals surface area contributed by atoms with Crippen LogP contribution in [0.4, 0.5) is 0 Å². The van der Waals surface area contributed by atoms with Gasteiger partial charge in [-0.15, -0.1) is 0 Å². The molecule has 0 aliphatic heterocycles. The van der Waals surface area contributed by atoms with Gasteiger partial charge >= 0.3 is 5.63 Å². The molecule has 0 saturated heterocycles. The molecule has 26 heavy (non-hydrogen) atoms. The van der Waals surface area contributed by atoms with Gasteiger partial charge in [0.15, 0.2) is 0 Å². The van der Waals surface area contributed by atoms with E-state index in [4.69, 9.17) is 4.42 Å². The zero-order valence-corrected chi connectivity index (χ0v) is 15.8. The van der Waals surface area contributed by atoms with Crippen LogP contribution in [0.3, 0.4) is 0 Å². The topological polar surface area (TPSA) is 99.8 Å². The van der Waals surface area contributed by atoms with Crippen molar-refractivity contribution < 1.29 is 19.4 Å². The van der Waals surface area contributed by atoms with Gasteiger partial charge < -0.3 is 19.9 Å². The van der Waals surface area contributed by atoms with E-state index in [0.29, 0.717) is 29.0 Å². The fourth-order valence-corrected chi connectivity index (χ4v) is 3.15. The zero-order chi connectivity index (χ0) is 19.4. The number of nitrogens with one attached hydrogen (secondary N) is 1. The molecule has 142 valence electrons. The molecule has 2 rings (SSSR count). The summed E-state index contributed by atoms with van der Waals surface area (Å²) in [6, 6.07) is 3.00. The first-order valence-electron chi connectivity index (χ1n) is 8.89. The highest BCUT2D eigenvalue weighted by Gasteiger charge is 2.17. The first-order valence-corrected chi connectivity index (χ1v) is 8.89. The Balaban J connectivity index is 2.17. The second-order valence-corrected chi connectivity index (χ2v) is 7.16. The molecule has 0 bridgehead atoms. The lowest BCUT2D eigenvalue weighted by Crippen LogP contribution is -2.38. The van der Waals surface area contributed by atoms with E-state index in [1.807, 2.05) is 20.8 Å². The third-order valence-corrected chi connectivity index (χ3v) is 4.62. The highest BCUT2D eigenvalue weighted by atomic mass is 16.4. The number of aliphatic hydroxyl groups excluding tert-OH is 1. The Bertz CT molecular complexity index is 853. The van der Waals surface area contributed by atoms with Crippen molar-refractivity contribution in [3.8, 4) is 5.75 Å². The largest absolute Gasteiger partial charge is 0.508 e. The average molecular weight is 361 g/mol. The SMILES string of the molecule is Cc1c(CCC(=O)NC(CO)CC(C)C)c(=O)oc2c(C)c(O)ccc12. The van der Waals surface area contributed by atoms with Gasteiger partial charge in [0.05, 0.1) is 12.6 Å². The summed E-state index contributed by atoms with van der Waals surface area (Å²) in [6.07, 6.45) is 1.10. The Morgan fingerprint density at radius 1 is 1.23 bits per heavy atom. The second kappa shape index (κ2) is 8.36.